The van der Waals surface area contributed by atoms with Gasteiger partial charge in [0.25, 0.3) is 0 Å². The number of esters is 1. The van der Waals surface area contributed by atoms with Crippen molar-refractivity contribution in [3.8, 4) is 5.75 Å². The Morgan fingerprint density at radius 3 is 2.50 bits per heavy atom. The molecule has 0 spiro atoms. The van der Waals surface area contributed by atoms with Crippen molar-refractivity contribution >= 4 is 11.7 Å². The lowest BCUT2D eigenvalue weighted by Crippen LogP contribution is -2.09. The second kappa shape index (κ2) is 4.56. The molecule has 0 radical (unpaired) electrons. The molecule has 1 aromatic carbocycles. The lowest BCUT2D eigenvalue weighted by molar-refractivity contribution is -0.387. The van der Waals surface area contributed by atoms with Crippen LogP contribution < -0.4 is 4.74 Å². The van der Waals surface area contributed by atoms with Gasteiger partial charge in [-0.15, -0.1) is 0 Å². The van der Waals surface area contributed by atoms with Crippen molar-refractivity contribution in [1.29, 1.82) is 0 Å². The number of nitro groups is 1. The van der Waals surface area contributed by atoms with Crippen LogP contribution in [-0.4, -0.2) is 25.1 Å². The Balaban J connectivity index is 3.46. The van der Waals surface area contributed by atoms with E-state index in [1.54, 1.807) is 0 Å². The molecule has 0 fully saturated rings. The molecular weight excluding hydrogens is 221 g/mol. The van der Waals surface area contributed by atoms with Crippen LogP contribution in [0.25, 0.3) is 0 Å². The summed E-state index contributed by atoms with van der Waals surface area (Å²) in [5.41, 5.74) is -1.39. The summed E-state index contributed by atoms with van der Waals surface area (Å²) in [5.74, 6) is -2.41. The van der Waals surface area contributed by atoms with Gasteiger partial charge in [-0.25, -0.2) is 4.79 Å². The van der Waals surface area contributed by atoms with Gasteiger partial charge in [0.2, 0.25) is 5.82 Å². The molecule has 0 bridgehead atoms. The highest BCUT2D eigenvalue weighted by atomic mass is 19.1. The first-order chi connectivity index (χ1) is 7.52. The van der Waals surface area contributed by atoms with Crippen molar-refractivity contribution in [2.24, 2.45) is 0 Å². The molecule has 16 heavy (non-hydrogen) atoms. The minimum absolute atomic E-state index is 0.116. The van der Waals surface area contributed by atoms with Crippen molar-refractivity contribution in [2.45, 2.75) is 0 Å². The van der Waals surface area contributed by atoms with Crippen LogP contribution in [0.3, 0.4) is 0 Å². The van der Waals surface area contributed by atoms with Crippen LogP contribution in [0.1, 0.15) is 10.4 Å². The summed E-state index contributed by atoms with van der Waals surface area (Å²) in [7, 11) is 2.26. The molecular formula is C9H8FNO5. The van der Waals surface area contributed by atoms with E-state index in [-0.39, 0.29) is 5.75 Å². The molecule has 0 aliphatic heterocycles. The number of carbonyl (C=O) groups excluding carboxylic acids is 1. The monoisotopic (exact) mass is 229 g/mol. The van der Waals surface area contributed by atoms with E-state index in [4.69, 9.17) is 4.74 Å². The number of nitrogens with zero attached hydrogens (tertiary/aromatic N) is 1. The van der Waals surface area contributed by atoms with E-state index in [2.05, 4.69) is 4.74 Å². The van der Waals surface area contributed by atoms with Crippen molar-refractivity contribution in [3.05, 3.63) is 33.6 Å². The van der Waals surface area contributed by atoms with Crippen LogP contribution in [0.5, 0.6) is 5.75 Å². The summed E-state index contributed by atoms with van der Waals surface area (Å²) >= 11 is 0. The molecule has 86 valence electrons. The molecule has 0 heterocycles. The minimum Gasteiger partial charge on any atom is -0.496 e. The van der Waals surface area contributed by atoms with Crippen molar-refractivity contribution in [2.75, 3.05) is 14.2 Å². The quantitative estimate of drug-likeness (QED) is 0.446. The van der Waals surface area contributed by atoms with Crippen LogP contribution >= 0.6 is 0 Å². The predicted molar refractivity (Wildman–Crippen MR) is 50.9 cm³/mol. The first-order valence-electron chi connectivity index (χ1n) is 4.12. The average molecular weight is 229 g/mol. The molecule has 0 atom stereocenters. The number of rotatable bonds is 3. The minimum atomic E-state index is -1.27. The van der Waals surface area contributed by atoms with E-state index in [9.17, 15) is 19.3 Å². The summed E-state index contributed by atoms with van der Waals surface area (Å²) in [5, 5.41) is 10.5. The molecule has 0 unspecified atom stereocenters. The first-order valence-corrected chi connectivity index (χ1v) is 4.12. The number of nitro benzene ring substituents is 1. The fraction of sp³-hybridized carbons (Fsp3) is 0.222. The lowest BCUT2D eigenvalue weighted by Gasteiger charge is -2.07. The van der Waals surface area contributed by atoms with Crippen LogP contribution in [0.15, 0.2) is 12.1 Å². The van der Waals surface area contributed by atoms with E-state index < -0.39 is 28.0 Å². The third-order valence-electron chi connectivity index (χ3n) is 1.89. The summed E-state index contributed by atoms with van der Waals surface area (Å²) in [4.78, 5) is 20.8. The van der Waals surface area contributed by atoms with Gasteiger partial charge in [0.15, 0.2) is 0 Å². The van der Waals surface area contributed by atoms with Crippen molar-refractivity contribution < 1.29 is 23.6 Å². The summed E-state index contributed by atoms with van der Waals surface area (Å²) in [6, 6.07) is 2.05. The number of halogens is 1. The number of carbonyl (C=O) groups is 1. The molecule has 0 N–H and O–H groups in total. The van der Waals surface area contributed by atoms with E-state index >= 15 is 0 Å². The van der Waals surface area contributed by atoms with Crippen LogP contribution in [0.2, 0.25) is 0 Å². The molecule has 0 saturated heterocycles. The second-order valence-electron chi connectivity index (χ2n) is 2.72. The number of benzene rings is 1. The summed E-state index contributed by atoms with van der Waals surface area (Å²) < 4.78 is 22.6. The SMILES string of the molecule is COC(=O)c1c(OC)ccc([N+](=O)[O-])c1F. The highest BCUT2D eigenvalue weighted by Crippen LogP contribution is 2.29. The average Bonchev–Trinajstić information content (AvgIpc) is 2.26. The number of hydrogen-bond acceptors (Lipinski definition) is 5. The standard InChI is InChI=1S/C9H8FNO5/c1-15-6-4-3-5(11(13)14)8(10)7(6)9(12)16-2/h3-4H,1-2H3. The van der Waals surface area contributed by atoms with Gasteiger partial charge < -0.3 is 9.47 Å². The predicted octanol–water partition coefficient (Wildman–Crippen LogP) is 1.53. The zero-order chi connectivity index (χ0) is 12.3. The molecule has 1 rings (SSSR count). The maximum Gasteiger partial charge on any atom is 0.344 e. The normalized spacial score (nSPS) is 9.69. The number of methoxy groups -OCH3 is 2. The smallest absolute Gasteiger partial charge is 0.344 e. The highest BCUT2D eigenvalue weighted by molar-refractivity contribution is 5.93. The third kappa shape index (κ3) is 1.92. The zero-order valence-electron chi connectivity index (χ0n) is 8.52. The lowest BCUT2D eigenvalue weighted by atomic mass is 10.1. The molecule has 0 amide bonds. The Kier molecular flexibility index (Phi) is 3.39. The van der Waals surface area contributed by atoms with E-state index in [0.717, 1.165) is 19.2 Å². The maximum atomic E-state index is 13.6. The van der Waals surface area contributed by atoms with Gasteiger partial charge in [0, 0.05) is 6.07 Å². The number of ether oxygens (including phenoxy) is 2. The summed E-state index contributed by atoms with van der Waals surface area (Å²) in [6.07, 6.45) is 0. The molecule has 0 aromatic heterocycles. The van der Waals surface area contributed by atoms with E-state index in [0.29, 0.717) is 0 Å². The van der Waals surface area contributed by atoms with Gasteiger partial charge in [-0.3, -0.25) is 10.1 Å². The zero-order valence-corrected chi connectivity index (χ0v) is 8.52. The molecule has 6 nitrogen and oxygen atoms in total. The van der Waals surface area contributed by atoms with Gasteiger partial charge in [-0.1, -0.05) is 0 Å². The van der Waals surface area contributed by atoms with Gasteiger partial charge in [-0.2, -0.15) is 4.39 Å². The Bertz CT molecular complexity index is 446. The summed E-state index contributed by atoms with van der Waals surface area (Å²) in [6.45, 7) is 0. The maximum absolute atomic E-state index is 13.6. The van der Waals surface area contributed by atoms with Crippen LogP contribution in [0.4, 0.5) is 10.1 Å². The topological polar surface area (TPSA) is 78.7 Å². The Hall–Kier alpha value is -2.18. The van der Waals surface area contributed by atoms with Gasteiger partial charge >= 0.3 is 11.7 Å². The molecule has 7 heteroatoms. The fourth-order valence-corrected chi connectivity index (χ4v) is 1.15. The van der Waals surface area contributed by atoms with Crippen molar-refractivity contribution in [3.63, 3.8) is 0 Å². The Labute approximate surface area is 89.7 Å². The highest BCUT2D eigenvalue weighted by Gasteiger charge is 2.26. The largest absolute Gasteiger partial charge is 0.496 e. The Morgan fingerprint density at radius 1 is 1.44 bits per heavy atom. The molecule has 1 aromatic rings. The molecule has 0 aliphatic rings. The second-order valence-corrected chi connectivity index (χ2v) is 2.72. The van der Waals surface area contributed by atoms with Crippen LogP contribution in [-0.2, 0) is 4.74 Å². The van der Waals surface area contributed by atoms with Gasteiger partial charge in [-0.05, 0) is 6.07 Å². The first kappa shape index (κ1) is 11.9. The Morgan fingerprint density at radius 2 is 2.06 bits per heavy atom. The number of hydrogen-bond donors (Lipinski definition) is 0. The molecule has 0 aliphatic carbocycles. The van der Waals surface area contributed by atoms with Gasteiger partial charge in [0.05, 0.1) is 19.1 Å². The van der Waals surface area contributed by atoms with E-state index in [1.165, 1.54) is 7.11 Å². The van der Waals surface area contributed by atoms with Crippen LogP contribution in [0, 0.1) is 15.9 Å². The van der Waals surface area contributed by atoms with Crippen molar-refractivity contribution in [1.82, 2.24) is 0 Å². The molecule has 0 saturated carbocycles. The van der Waals surface area contributed by atoms with E-state index in [1.807, 2.05) is 0 Å². The fourth-order valence-electron chi connectivity index (χ4n) is 1.15. The van der Waals surface area contributed by atoms with Gasteiger partial charge in [0.1, 0.15) is 11.3 Å². The third-order valence-corrected chi connectivity index (χ3v) is 1.89.